The molecular formula is C37H46ClFN2O3Si. The quantitative estimate of drug-likeness (QED) is 0.183. The molecule has 1 fully saturated rings. The molecule has 4 unspecified atom stereocenters. The highest BCUT2D eigenvalue weighted by Crippen LogP contribution is 2.48. The Morgan fingerprint density at radius 3 is 2.38 bits per heavy atom. The van der Waals surface area contributed by atoms with Crippen LogP contribution in [0.1, 0.15) is 69.2 Å². The number of benzene rings is 3. The van der Waals surface area contributed by atoms with Crippen molar-refractivity contribution in [2.45, 2.75) is 82.3 Å². The summed E-state index contributed by atoms with van der Waals surface area (Å²) >= 11 is 6.33. The Hall–Kier alpha value is -2.81. The van der Waals surface area contributed by atoms with Crippen LogP contribution in [-0.4, -0.2) is 55.2 Å². The van der Waals surface area contributed by atoms with Crippen LogP contribution in [0.15, 0.2) is 78.9 Å². The maximum atomic E-state index is 14.4. The van der Waals surface area contributed by atoms with Crippen molar-refractivity contribution in [1.29, 1.82) is 0 Å². The minimum absolute atomic E-state index is 0.0547. The Kier molecular flexibility index (Phi) is 9.79. The first-order chi connectivity index (χ1) is 21.2. The number of fused-ring (bicyclic) bond motifs is 1. The number of methoxy groups -OCH3 is 1. The predicted molar refractivity (Wildman–Crippen MR) is 184 cm³/mol. The van der Waals surface area contributed by atoms with Gasteiger partial charge < -0.3 is 14.3 Å². The lowest BCUT2D eigenvalue weighted by Crippen LogP contribution is -2.56. The van der Waals surface area contributed by atoms with Gasteiger partial charge in [0, 0.05) is 47.1 Å². The molecule has 4 atom stereocenters. The van der Waals surface area contributed by atoms with Crippen LogP contribution in [0, 0.1) is 5.82 Å². The summed E-state index contributed by atoms with van der Waals surface area (Å²) in [6.45, 7) is 14.7. The molecule has 45 heavy (non-hydrogen) atoms. The molecule has 1 aliphatic rings. The van der Waals surface area contributed by atoms with E-state index in [1.165, 1.54) is 17.7 Å². The molecule has 5 nitrogen and oxygen atoms in total. The van der Waals surface area contributed by atoms with Crippen molar-refractivity contribution < 1.29 is 18.7 Å². The molecule has 1 aromatic heterocycles. The number of aromatic nitrogens is 1. The minimum atomic E-state index is -2.08. The van der Waals surface area contributed by atoms with Gasteiger partial charge in [0.2, 0.25) is 5.88 Å². The highest BCUT2D eigenvalue weighted by Gasteiger charge is 2.48. The predicted octanol–water partition coefficient (Wildman–Crippen LogP) is 9.15. The molecule has 0 saturated carbocycles. The molecule has 0 spiro atoms. The zero-order chi connectivity index (χ0) is 32.6. The number of likely N-dealkylation sites (tertiary alicyclic amines) is 1. The third-order valence-corrected chi connectivity index (χ3v) is 14.9. The van der Waals surface area contributed by atoms with Gasteiger partial charge in [-0.3, -0.25) is 4.90 Å². The lowest BCUT2D eigenvalue weighted by Gasteiger charge is -2.50. The number of ether oxygens (including phenoxy) is 1. The fourth-order valence-corrected chi connectivity index (χ4v) is 7.62. The smallest absolute Gasteiger partial charge is 0.217 e. The van der Waals surface area contributed by atoms with Gasteiger partial charge in [0.25, 0.3) is 0 Å². The molecular weight excluding hydrogens is 603 g/mol. The third-order valence-electron chi connectivity index (χ3n) is 10.1. The van der Waals surface area contributed by atoms with Crippen LogP contribution in [0.5, 0.6) is 5.88 Å². The summed E-state index contributed by atoms with van der Waals surface area (Å²) in [5.74, 6) is -0.431. The van der Waals surface area contributed by atoms with Gasteiger partial charge in [0.1, 0.15) is 5.82 Å². The van der Waals surface area contributed by atoms with E-state index in [0.29, 0.717) is 53.4 Å². The van der Waals surface area contributed by atoms with Crippen LogP contribution in [0.25, 0.3) is 10.9 Å². The van der Waals surface area contributed by atoms with Gasteiger partial charge in [-0.05, 0) is 85.4 Å². The van der Waals surface area contributed by atoms with Crippen molar-refractivity contribution in [1.82, 2.24) is 9.88 Å². The van der Waals surface area contributed by atoms with Gasteiger partial charge in [-0.25, -0.2) is 9.37 Å². The minimum Gasteiger partial charge on any atom is -0.481 e. The third kappa shape index (κ3) is 7.13. The lowest BCUT2D eigenvalue weighted by atomic mass is 9.70. The van der Waals surface area contributed by atoms with Crippen molar-refractivity contribution in [2.75, 3.05) is 20.3 Å². The van der Waals surface area contributed by atoms with Crippen molar-refractivity contribution in [3.63, 3.8) is 0 Å². The summed E-state index contributed by atoms with van der Waals surface area (Å²) in [7, 11) is -0.492. The first-order valence-corrected chi connectivity index (χ1v) is 19.1. The fraction of sp³-hybridized carbons (Fsp3) is 0.432. The Bertz CT molecular complexity index is 1610. The molecule has 1 saturated heterocycles. The maximum Gasteiger partial charge on any atom is 0.217 e. The monoisotopic (exact) mass is 648 g/mol. The molecule has 4 aromatic rings. The fourth-order valence-electron chi connectivity index (χ4n) is 6.45. The van der Waals surface area contributed by atoms with Crippen LogP contribution in [0.4, 0.5) is 4.39 Å². The molecule has 1 aliphatic heterocycles. The molecule has 2 heterocycles. The summed E-state index contributed by atoms with van der Waals surface area (Å²) in [5.41, 5.74) is 2.29. The standard InChI is InChI=1S/C37H46ClFN2O3Si/c1-25(26-11-9-8-10-12-26)41-20-19-37(42,23-31(41)24-44-45(6,7)36(2,3)4)34(27-13-15-29(38)16-14-27)32-22-28-21-30(39)17-18-33(28)40-35(32)43-5/h8-18,21-22,25,31,34,42H,19-20,23-24H2,1-7H3. The van der Waals surface area contributed by atoms with E-state index in [1.54, 1.807) is 13.2 Å². The second-order valence-corrected chi connectivity index (χ2v) is 19.3. The first-order valence-electron chi connectivity index (χ1n) is 15.8. The number of aliphatic hydroxyl groups is 1. The van der Waals surface area contributed by atoms with Crippen molar-refractivity contribution in [3.05, 3.63) is 106 Å². The highest BCUT2D eigenvalue weighted by molar-refractivity contribution is 6.74. The van der Waals surface area contributed by atoms with Crippen LogP contribution in [0.3, 0.4) is 0 Å². The van der Waals surface area contributed by atoms with Gasteiger partial charge in [-0.1, -0.05) is 74.8 Å². The van der Waals surface area contributed by atoms with Crippen LogP contribution >= 0.6 is 11.6 Å². The number of rotatable bonds is 9. The zero-order valence-corrected chi connectivity index (χ0v) is 29.2. The summed E-state index contributed by atoms with van der Waals surface area (Å²) in [6, 6.07) is 24.7. The van der Waals surface area contributed by atoms with Crippen LogP contribution in [-0.2, 0) is 4.43 Å². The zero-order valence-electron chi connectivity index (χ0n) is 27.5. The molecule has 240 valence electrons. The molecule has 0 amide bonds. The number of hydrogen-bond donors (Lipinski definition) is 1. The Balaban J connectivity index is 1.60. The number of hydrogen-bond acceptors (Lipinski definition) is 5. The molecule has 8 heteroatoms. The largest absolute Gasteiger partial charge is 0.481 e. The maximum absolute atomic E-state index is 14.4. The van der Waals surface area contributed by atoms with Gasteiger partial charge in [0.15, 0.2) is 8.32 Å². The van der Waals surface area contributed by atoms with E-state index in [0.717, 1.165) is 5.56 Å². The molecule has 1 N–H and O–H groups in total. The van der Waals surface area contributed by atoms with E-state index in [-0.39, 0.29) is 22.9 Å². The summed E-state index contributed by atoms with van der Waals surface area (Å²) in [5, 5.41) is 14.2. The lowest BCUT2D eigenvalue weighted by molar-refractivity contribution is -0.0778. The van der Waals surface area contributed by atoms with Crippen molar-refractivity contribution >= 4 is 30.8 Å². The molecule has 0 bridgehead atoms. The van der Waals surface area contributed by atoms with E-state index in [4.69, 9.17) is 25.7 Å². The topological polar surface area (TPSA) is 54.8 Å². The van der Waals surface area contributed by atoms with E-state index in [2.05, 4.69) is 70.0 Å². The Morgan fingerprint density at radius 1 is 1.04 bits per heavy atom. The van der Waals surface area contributed by atoms with E-state index < -0.39 is 19.8 Å². The summed E-state index contributed by atoms with van der Waals surface area (Å²) in [6.07, 6.45) is 0.981. The Morgan fingerprint density at radius 2 is 1.73 bits per heavy atom. The first kappa shape index (κ1) is 33.5. The molecule has 3 aromatic carbocycles. The number of halogens is 2. The van der Waals surface area contributed by atoms with Crippen LogP contribution < -0.4 is 4.74 Å². The van der Waals surface area contributed by atoms with Crippen molar-refractivity contribution in [3.8, 4) is 5.88 Å². The van der Waals surface area contributed by atoms with Gasteiger partial charge in [-0.2, -0.15) is 0 Å². The van der Waals surface area contributed by atoms with Gasteiger partial charge >= 0.3 is 0 Å². The summed E-state index contributed by atoms with van der Waals surface area (Å²) in [4.78, 5) is 7.25. The van der Waals surface area contributed by atoms with Gasteiger partial charge in [0.05, 0.1) is 18.2 Å². The van der Waals surface area contributed by atoms with Crippen LogP contribution in [0.2, 0.25) is 23.2 Å². The SMILES string of the molecule is COc1nc2ccc(F)cc2cc1C(c1ccc(Cl)cc1)C1(O)CCN(C(C)c2ccccc2)C(CO[Si](C)(C)C(C)(C)C)C1. The van der Waals surface area contributed by atoms with E-state index >= 15 is 0 Å². The highest BCUT2D eigenvalue weighted by atomic mass is 35.5. The van der Waals surface area contributed by atoms with Crippen molar-refractivity contribution in [2.24, 2.45) is 0 Å². The molecule has 5 rings (SSSR count). The molecule has 0 aliphatic carbocycles. The average Bonchev–Trinajstić information content (AvgIpc) is 3.00. The summed E-state index contributed by atoms with van der Waals surface area (Å²) < 4.78 is 27.1. The average molecular weight is 649 g/mol. The molecule has 0 radical (unpaired) electrons. The second-order valence-electron chi connectivity index (χ2n) is 14.0. The number of pyridine rings is 1. The second kappa shape index (κ2) is 13.1. The number of nitrogens with zero attached hydrogens (tertiary/aromatic N) is 2. The van der Waals surface area contributed by atoms with Gasteiger partial charge in [-0.15, -0.1) is 0 Å². The van der Waals surface area contributed by atoms with E-state index in [9.17, 15) is 9.50 Å². The van der Waals surface area contributed by atoms with E-state index in [1.807, 2.05) is 36.4 Å². The normalized spacial score (nSPS) is 21.1. The number of piperidine rings is 1. The Labute approximate surface area is 273 Å².